The van der Waals surface area contributed by atoms with Gasteiger partial charge in [-0.05, 0) is 98.4 Å². The lowest BCUT2D eigenvalue weighted by atomic mass is 9.89. The van der Waals surface area contributed by atoms with Gasteiger partial charge in [-0.1, -0.05) is 164 Å². The third-order valence-electron chi connectivity index (χ3n) is 10.5. The molecule has 0 spiro atoms. The zero-order chi connectivity index (χ0) is 35.8. The molecule has 9 aromatic carbocycles. The molecule has 0 N–H and O–H groups in total. The zero-order valence-corrected chi connectivity index (χ0v) is 29.6. The van der Waals surface area contributed by atoms with E-state index in [1.807, 2.05) is 6.07 Å². The Labute approximate surface area is 315 Å². The highest BCUT2D eigenvalue weighted by Crippen LogP contribution is 2.51. The van der Waals surface area contributed by atoms with Gasteiger partial charge in [-0.25, -0.2) is 0 Å². The van der Waals surface area contributed by atoms with Crippen molar-refractivity contribution in [3.63, 3.8) is 0 Å². The van der Waals surface area contributed by atoms with E-state index in [2.05, 4.69) is 211 Å². The lowest BCUT2D eigenvalue weighted by Gasteiger charge is -2.26. The van der Waals surface area contributed by atoms with Crippen LogP contribution in [0.5, 0.6) is 11.5 Å². The molecule has 0 aromatic heterocycles. The Bertz CT molecular complexity index is 2670. The van der Waals surface area contributed by atoms with Crippen molar-refractivity contribution < 1.29 is 4.74 Å². The first-order chi connectivity index (χ1) is 26.8. The minimum atomic E-state index is 0.875. The van der Waals surface area contributed by atoms with E-state index in [4.69, 9.17) is 4.74 Å². The van der Waals surface area contributed by atoms with Crippen LogP contribution < -0.4 is 9.64 Å². The first kappa shape index (κ1) is 31.6. The minimum Gasteiger partial charge on any atom is -0.455 e. The molecule has 0 fully saturated rings. The Morgan fingerprint density at radius 2 is 0.685 bits per heavy atom. The molecular weight excluding hydrogens is 655 g/mol. The average molecular weight is 690 g/mol. The smallest absolute Gasteiger partial charge is 0.143 e. The standard InChI is InChI=1S/C52H35NO/c1-3-13-36(14-4-1)38-23-29-41(30-24-38)53(42-31-25-39(26-32-42)37-15-5-2-6-16-37)43-33-27-40(28-34-43)49-35-50-45-18-8-7-17-44(45)47-20-11-12-22-51(47)54-52(50)48-21-10-9-19-46(48)49/h1-35H. The molecule has 0 saturated heterocycles. The second-order valence-electron chi connectivity index (χ2n) is 13.7. The highest BCUT2D eigenvalue weighted by Gasteiger charge is 2.24. The molecule has 254 valence electrons. The molecule has 0 radical (unpaired) electrons. The summed E-state index contributed by atoms with van der Waals surface area (Å²) in [5, 5.41) is 2.25. The summed E-state index contributed by atoms with van der Waals surface area (Å²) in [6.45, 7) is 0. The van der Waals surface area contributed by atoms with Crippen LogP contribution in [0.25, 0.3) is 66.4 Å². The summed E-state index contributed by atoms with van der Waals surface area (Å²) in [5.74, 6) is 1.77. The highest BCUT2D eigenvalue weighted by molar-refractivity contribution is 6.07. The number of nitrogens with zero attached hydrogens (tertiary/aromatic N) is 1. The molecule has 2 nitrogen and oxygen atoms in total. The first-order valence-corrected chi connectivity index (χ1v) is 18.4. The number of anilines is 3. The molecule has 9 aromatic rings. The molecule has 1 aliphatic rings. The summed E-state index contributed by atoms with van der Waals surface area (Å²) >= 11 is 0. The summed E-state index contributed by atoms with van der Waals surface area (Å²) in [6.07, 6.45) is 0. The molecule has 1 aliphatic heterocycles. The molecule has 0 atom stereocenters. The number of fused-ring (bicyclic) bond motifs is 7. The van der Waals surface area contributed by atoms with Crippen molar-refractivity contribution in [1.29, 1.82) is 0 Å². The van der Waals surface area contributed by atoms with Crippen molar-refractivity contribution in [2.45, 2.75) is 0 Å². The van der Waals surface area contributed by atoms with Crippen molar-refractivity contribution >= 4 is 27.8 Å². The fourth-order valence-corrected chi connectivity index (χ4v) is 7.84. The van der Waals surface area contributed by atoms with E-state index < -0.39 is 0 Å². The lowest BCUT2D eigenvalue weighted by Crippen LogP contribution is -2.09. The van der Waals surface area contributed by atoms with Gasteiger partial charge in [-0.15, -0.1) is 0 Å². The fraction of sp³-hybridized carbons (Fsp3) is 0. The number of hydrogen-bond acceptors (Lipinski definition) is 2. The molecule has 54 heavy (non-hydrogen) atoms. The van der Waals surface area contributed by atoms with Crippen molar-refractivity contribution in [3.05, 3.63) is 212 Å². The molecule has 0 aliphatic carbocycles. The SMILES string of the molecule is c1ccc(-c2ccc(N(c3ccc(-c4ccccc4)cc3)c3ccc(-c4cc5c(c6ccccc46)Oc4ccccc4-c4ccccc4-5)cc3)cc2)cc1. The predicted molar refractivity (Wildman–Crippen MR) is 226 cm³/mol. The number of benzene rings is 9. The summed E-state index contributed by atoms with van der Waals surface area (Å²) < 4.78 is 6.80. The van der Waals surface area contributed by atoms with Crippen molar-refractivity contribution in [3.8, 4) is 67.1 Å². The number of para-hydroxylation sites is 1. The number of hydrogen-bond donors (Lipinski definition) is 0. The van der Waals surface area contributed by atoms with E-state index in [0.717, 1.165) is 56.0 Å². The third-order valence-corrected chi connectivity index (χ3v) is 10.5. The van der Waals surface area contributed by atoms with Crippen molar-refractivity contribution in [1.82, 2.24) is 0 Å². The summed E-state index contributed by atoms with van der Waals surface area (Å²) in [6, 6.07) is 75.7. The van der Waals surface area contributed by atoms with Crippen LogP contribution in [0.15, 0.2) is 212 Å². The normalized spacial score (nSPS) is 11.5. The van der Waals surface area contributed by atoms with Gasteiger partial charge < -0.3 is 9.64 Å². The largest absolute Gasteiger partial charge is 0.455 e. The van der Waals surface area contributed by atoms with Crippen LogP contribution in [0.3, 0.4) is 0 Å². The third kappa shape index (κ3) is 5.62. The molecular formula is C52H35NO. The van der Waals surface area contributed by atoms with Crippen LogP contribution >= 0.6 is 0 Å². The van der Waals surface area contributed by atoms with Gasteiger partial charge in [-0.2, -0.15) is 0 Å². The van der Waals surface area contributed by atoms with E-state index in [1.165, 1.54) is 38.9 Å². The Kier molecular flexibility index (Phi) is 7.85. The first-order valence-electron chi connectivity index (χ1n) is 18.4. The van der Waals surface area contributed by atoms with Crippen LogP contribution in [-0.4, -0.2) is 0 Å². The van der Waals surface area contributed by atoms with Crippen LogP contribution in [0.4, 0.5) is 17.1 Å². The van der Waals surface area contributed by atoms with Crippen LogP contribution in [-0.2, 0) is 0 Å². The second-order valence-corrected chi connectivity index (χ2v) is 13.7. The van der Waals surface area contributed by atoms with E-state index in [0.29, 0.717) is 0 Å². The fourth-order valence-electron chi connectivity index (χ4n) is 7.84. The monoisotopic (exact) mass is 689 g/mol. The average Bonchev–Trinajstić information content (AvgIpc) is 3.40. The van der Waals surface area contributed by atoms with Gasteiger partial charge in [0.2, 0.25) is 0 Å². The molecule has 10 rings (SSSR count). The Hall–Kier alpha value is -7.16. The number of rotatable bonds is 6. The van der Waals surface area contributed by atoms with E-state index in [-0.39, 0.29) is 0 Å². The van der Waals surface area contributed by atoms with Gasteiger partial charge in [0.1, 0.15) is 11.5 Å². The second kappa shape index (κ2) is 13.4. The Morgan fingerprint density at radius 3 is 1.24 bits per heavy atom. The molecule has 2 heteroatoms. The van der Waals surface area contributed by atoms with Gasteiger partial charge in [0.15, 0.2) is 0 Å². The highest BCUT2D eigenvalue weighted by atomic mass is 16.5. The molecule has 1 heterocycles. The van der Waals surface area contributed by atoms with Gasteiger partial charge in [-0.3, -0.25) is 0 Å². The van der Waals surface area contributed by atoms with Gasteiger partial charge >= 0.3 is 0 Å². The topological polar surface area (TPSA) is 12.5 Å². The molecule has 0 unspecified atom stereocenters. The maximum absolute atomic E-state index is 6.80. The lowest BCUT2D eigenvalue weighted by molar-refractivity contribution is 0.493. The van der Waals surface area contributed by atoms with Crippen LogP contribution in [0, 0.1) is 0 Å². The molecule has 0 saturated carbocycles. The minimum absolute atomic E-state index is 0.875. The van der Waals surface area contributed by atoms with E-state index in [9.17, 15) is 0 Å². The molecule has 0 bridgehead atoms. The zero-order valence-electron chi connectivity index (χ0n) is 29.6. The van der Waals surface area contributed by atoms with Gasteiger partial charge in [0.25, 0.3) is 0 Å². The summed E-state index contributed by atoms with van der Waals surface area (Å²) in [7, 11) is 0. The van der Waals surface area contributed by atoms with Crippen molar-refractivity contribution in [2.75, 3.05) is 4.90 Å². The summed E-state index contributed by atoms with van der Waals surface area (Å²) in [4.78, 5) is 2.34. The van der Waals surface area contributed by atoms with Crippen LogP contribution in [0.1, 0.15) is 0 Å². The predicted octanol–water partition coefficient (Wildman–Crippen LogP) is 14.8. The van der Waals surface area contributed by atoms with Gasteiger partial charge in [0, 0.05) is 33.6 Å². The maximum atomic E-state index is 6.80. The number of ether oxygens (including phenoxy) is 1. The Balaban J connectivity index is 1.08. The summed E-state index contributed by atoms with van der Waals surface area (Å²) in [5.41, 5.74) is 14.9. The Morgan fingerprint density at radius 1 is 0.278 bits per heavy atom. The van der Waals surface area contributed by atoms with Crippen LogP contribution in [0.2, 0.25) is 0 Å². The molecule has 0 amide bonds. The van der Waals surface area contributed by atoms with E-state index >= 15 is 0 Å². The van der Waals surface area contributed by atoms with Crippen molar-refractivity contribution in [2.24, 2.45) is 0 Å². The quantitative estimate of drug-likeness (QED) is 0.172. The van der Waals surface area contributed by atoms with Gasteiger partial charge in [0.05, 0.1) is 0 Å². The maximum Gasteiger partial charge on any atom is 0.143 e. The van der Waals surface area contributed by atoms with E-state index in [1.54, 1.807) is 0 Å².